The van der Waals surface area contributed by atoms with Gasteiger partial charge in [-0.15, -0.1) is 0 Å². The summed E-state index contributed by atoms with van der Waals surface area (Å²) >= 11 is 0. The van der Waals surface area contributed by atoms with Crippen LogP contribution in [0.3, 0.4) is 0 Å². The van der Waals surface area contributed by atoms with Gasteiger partial charge in [0, 0.05) is 13.0 Å². The molecule has 0 aromatic carbocycles. The molecule has 0 aliphatic carbocycles. The molecule has 1 heterocycles. The molecular weight excluding hydrogens is 302 g/mol. The van der Waals surface area contributed by atoms with Crippen molar-refractivity contribution in [2.24, 2.45) is 5.92 Å². The summed E-state index contributed by atoms with van der Waals surface area (Å²) in [5.74, 6) is -0.485. The van der Waals surface area contributed by atoms with Crippen LogP contribution < -0.4 is 0 Å². The normalized spacial score (nSPS) is 22.0. The summed E-state index contributed by atoms with van der Waals surface area (Å²) in [6, 6.07) is -0.321. The van der Waals surface area contributed by atoms with Gasteiger partial charge in [-0.2, -0.15) is 0 Å². The molecule has 1 saturated heterocycles. The lowest BCUT2D eigenvalue weighted by atomic mass is 9.95. The fraction of sp³-hybridized carbons (Fsp3) is 0.875. The molecule has 134 valence electrons. The minimum absolute atomic E-state index is 0.104. The second kappa shape index (κ2) is 7.49. The fourth-order valence-corrected chi connectivity index (χ4v) is 2.83. The van der Waals surface area contributed by atoms with Gasteiger partial charge in [-0.05, 0) is 53.4 Å². The van der Waals surface area contributed by atoms with E-state index in [0.717, 1.165) is 0 Å². The summed E-state index contributed by atoms with van der Waals surface area (Å²) < 4.78 is 10.8. The number of rotatable bonds is 6. The van der Waals surface area contributed by atoms with Gasteiger partial charge < -0.3 is 19.7 Å². The van der Waals surface area contributed by atoms with Crippen LogP contribution >= 0.6 is 0 Å². The second-order valence-corrected chi connectivity index (χ2v) is 7.47. The Balaban J connectivity index is 2.56. The number of aliphatic hydroxyl groups is 1. The molecule has 1 aliphatic heterocycles. The Bertz CT molecular complexity index is 429. The number of amides is 1. The van der Waals surface area contributed by atoms with Crippen molar-refractivity contribution in [2.45, 2.75) is 71.2 Å². The van der Waals surface area contributed by atoms with Gasteiger partial charge in [-0.25, -0.2) is 4.79 Å². The number of esters is 1. The predicted octanol–water partition coefficient (Wildman–Crippen LogP) is 2.22. The van der Waals surface area contributed by atoms with Crippen LogP contribution in [0.5, 0.6) is 0 Å². The van der Waals surface area contributed by atoms with Gasteiger partial charge in [-0.1, -0.05) is 0 Å². The SMILES string of the molecule is CC(C)(C)OC(=O)CC[C@H](CO)CC1COC(C)(C)N1C(=O)O. The molecular formula is C16H29NO6. The minimum atomic E-state index is -1.04. The first kappa shape index (κ1) is 19.7. The molecule has 23 heavy (non-hydrogen) atoms. The molecule has 1 unspecified atom stereocenters. The quantitative estimate of drug-likeness (QED) is 0.725. The van der Waals surface area contributed by atoms with E-state index in [1.807, 2.05) is 0 Å². The lowest BCUT2D eigenvalue weighted by molar-refractivity contribution is -0.155. The standard InChI is InChI=1S/C16H29NO6/c1-15(2,3)23-13(19)7-6-11(9-18)8-12-10-22-16(4,5)17(12)14(20)21/h11-12,18H,6-10H2,1-5H3,(H,20,21)/t11-,12?/m0/s1. The Kier molecular flexibility index (Phi) is 6.41. The lowest BCUT2D eigenvalue weighted by Crippen LogP contribution is -2.47. The highest BCUT2D eigenvalue weighted by molar-refractivity contribution is 5.69. The van der Waals surface area contributed by atoms with Crippen molar-refractivity contribution in [3.05, 3.63) is 0 Å². The highest BCUT2D eigenvalue weighted by atomic mass is 16.6. The molecule has 0 spiro atoms. The van der Waals surface area contributed by atoms with Crippen molar-refractivity contribution in [3.63, 3.8) is 0 Å². The van der Waals surface area contributed by atoms with Gasteiger partial charge in [0.2, 0.25) is 0 Å². The number of carbonyl (C=O) groups excluding carboxylic acids is 1. The zero-order valence-electron chi connectivity index (χ0n) is 14.7. The van der Waals surface area contributed by atoms with E-state index in [1.54, 1.807) is 34.6 Å². The van der Waals surface area contributed by atoms with Crippen molar-refractivity contribution < 1.29 is 29.3 Å². The van der Waals surface area contributed by atoms with E-state index < -0.39 is 17.4 Å². The van der Waals surface area contributed by atoms with Crippen molar-refractivity contribution in [1.29, 1.82) is 0 Å². The van der Waals surface area contributed by atoms with Crippen LogP contribution in [0.1, 0.15) is 53.9 Å². The van der Waals surface area contributed by atoms with Crippen molar-refractivity contribution in [2.75, 3.05) is 13.2 Å². The monoisotopic (exact) mass is 331 g/mol. The second-order valence-electron chi connectivity index (χ2n) is 7.47. The molecule has 0 radical (unpaired) electrons. The zero-order valence-corrected chi connectivity index (χ0v) is 14.7. The van der Waals surface area contributed by atoms with Crippen molar-refractivity contribution in [1.82, 2.24) is 4.90 Å². The molecule has 1 amide bonds. The van der Waals surface area contributed by atoms with Crippen LogP contribution in [0, 0.1) is 5.92 Å². The molecule has 2 atom stereocenters. The largest absolute Gasteiger partial charge is 0.465 e. The maximum atomic E-state index is 11.8. The number of hydrogen-bond donors (Lipinski definition) is 2. The molecule has 1 aliphatic rings. The van der Waals surface area contributed by atoms with Gasteiger partial charge in [-0.3, -0.25) is 9.69 Å². The minimum Gasteiger partial charge on any atom is -0.465 e. The zero-order chi connectivity index (χ0) is 17.8. The smallest absolute Gasteiger partial charge is 0.409 e. The van der Waals surface area contributed by atoms with Gasteiger partial charge in [0.1, 0.15) is 11.3 Å². The first-order valence-electron chi connectivity index (χ1n) is 7.95. The Labute approximate surface area is 137 Å². The summed E-state index contributed by atoms with van der Waals surface area (Å²) in [7, 11) is 0. The van der Waals surface area contributed by atoms with Gasteiger partial charge in [0.25, 0.3) is 0 Å². The molecule has 0 bridgehead atoms. The van der Waals surface area contributed by atoms with Crippen LogP contribution in [0.15, 0.2) is 0 Å². The van der Waals surface area contributed by atoms with Crippen LogP contribution in [-0.4, -0.2) is 57.8 Å². The predicted molar refractivity (Wildman–Crippen MR) is 84.0 cm³/mol. The van der Waals surface area contributed by atoms with Gasteiger partial charge in [0.15, 0.2) is 0 Å². The summed E-state index contributed by atoms with van der Waals surface area (Å²) in [6.07, 6.45) is 0.0681. The van der Waals surface area contributed by atoms with Crippen molar-refractivity contribution >= 4 is 12.1 Å². The van der Waals surface area contributed by atoms with Gasteiger partial charge in [0.05, 0.1) is 12.6 Å². The Hall–Kier alpha value is -1.34. The highest BCUT2D eigenvalue weighted by Crippen LogP contribution is 2.31. The van der Waals surface area contributed by atoms with E-state index in [-0.39, 0.29) is 31.0 Å². The van der Waals surface area contributed by atoms with E-state index >= 15 is 0 Å². The Morgan fingerprint density at radius 3 is 2.48 bits per heavy atom. The molecule has 0 aromatic heterocycles. The number of nitrogens with zero attached hydrogens (tertiary/aromatic N) is 1. The van der Waals surface area contributed by atoms with E-state index in [4.69, 9.17) is 9.47 Å². The average Bonchev–Trinajstić information content (AvgIpc) is 2.67. The number of hydrogen-bond acceptors (Lipinski definition) is 5. The summed E-state index contributed by atoms with van der Waals surface area (Å²) in [4.78, 5) is 24.5. The third-order valence-corrected chi connectivity index (χ3v) is 3.82. The molecule has 1 rings (SSSR count). The lowest BCUT2D eigenvalue weighted by Gasteiger charge is -2.32. The maximum absolute atomic E-state index is 11.8. The van der Waals surface area contributed by atoms with Crippen LogP contribution in [0.4, 0.5) is 4.79 Å². The summed E-state index contributed by atoms with van der Waals surface area (Å²) in [5, 5.41) is 18.9. The van der Waals surface area contributed by atoms with E-state index in [0.29, 0.717) is 19.4 Å². The summed E-state index contributed by atoms with van der Waals surface area (Å²) in [5.41, 5.74) is -1.41. The van der Waals surface area contributed by atoms with Crippen LogP contribution in [0.25, 0.3) is 0 Å². The molecule has 7 heteroatoms. The third-order valence-electron chi connectivity index (χ3n) is 3.82. The average molecular weight is 331 g/mol. The first-order valence-corrected chi connectivity index (χ1v) is 7.95. The molecule has 0 aromatic rings. The topological polar surface area (TPSA) is 96.3 Å². The van der Waals surface area contributed by atoms with Crippen LogP contribution in [-0.2, 0) is 14.3 Å². The van der Waals surface area contributed by atoms with Crippen molar-refractivity contribution in [3.8, 4) is 0 Å². The van der Waals surface area contributed by atoms with E-state index in [9.17, 15) is 19.8 Å². The van der Waals surface area contributed by atoms with Crippen LogP contribution in [0.2, 0.25) is 0 Å². The molecule has 0 saturated carbocycles. The number of carbonyl (C=O) groups is 2. The Morgan fingerprint density at radius 1 is 1.39 bits per heavy atom. The number of ether oxygens (including phenoxy) is 2. The molecule has 1 fully saturated rings. The van der Waals surface area contributed by atoms with E-state index in [1.165, 1.54) is 4.90 Å². The number of aliphatic hydroxyl groups excluding tert-OH is 1. The van der Waals surface area contributed by atoms with E-state index in [2.05, 4.69) is 0 Å². The Morgan fingerprint density at radius 2 is 2.00 bits per heavy atom. The third kappa shape index (κ3) is 5.99. The highest BCUT2D eigenvalue weighted by Gasteiger charge is 2.44. The van der Waals surface area contributed by atoms with Gasteiger partial charge >= 0.3 is 12.1 Å². The first-order chi connectivity index (χ1) is 10.5. The molecule has 2 N–H and O–H groups in total. The maximum Gasteiger partial charge on any atom is 0.409 e. The summed E-state index contributed by atoms with van der Waals surface area (Å²) in [6.45, 7) is 9.01. The fourth-order valence-electron chi connectivity index (χ4n) is 2.83. The molecule has 7 nitrogen and oxygen atoms in total. The number of carboxylic acid groups (broad SMARTS) is 1.